The number of nitrogens with zero attached hydrogens (tertiary/aromatic N) is 1. The van der Waals surface area contributed by atoms with Gasteiger partial charge < -0.3 is 0 Å². The largest absolute Gasteiger partial charge is 0.297 e. The van der Waals surface area contributed by atoms with Crippen molar-refractivity contribution >= 4 is 68.4 Å². The van der Waals surface area contributed by atoms with Gasteiger partial charge in [-0.25, -0.2) is 4.90 Å². The summed E-state index contributed by atoms with van der Waals surface area (Å²) in [5.74, 6) is -3.06. The van der Waals surface area contributed by atoms with Crippen molar-refractivity contribution in [2.24, 2.45) is 11.8 Å². The predicted octanol–water partition coefficient (Wildman–Crippen LogP) is 9.34. The molecular formula is C43H27Cl2NO3. The van der Waals surface area contributed by atoms with Crippen LogP contribution in [-0.4, -0.2) is 17.6 Å². The van der Waals surface area contributed by atoms with Gasteiger partial charge in [-0.15, -0.1) is 0 Å². The summed E-state index contributed by atoms with van der Waals surface area (Å²) in [6, 6.07) is 47.3. The van der Waals surface area contributed by atoms with Crippen LogP contribution >= 0.6 is 23.2 Å². The molecule has 1 saturated heterocycles. The molecule has 4 atom stereocenters. The van der Waals surface area contributed by atoms with Crippen LogP contribution in [0.15, 0.2) is 152 Å². The quantitative estimate of drug-likeness (QED) is 0.171. The normalized spacial score (nSPS) is 24.3. The van der Waals surface area contributed by atoms with Gasteiger partial charge in [0.1, 0.15) is 0 Å². The maximum atomic E-state index is 16.1. The lowest BCUT2D eigenvalue weighted by atomic mass is 9.59. The highest BCUT2D eigenvalue weighted by atomic mass is 35.5. The summed E-state index contributed by atoms with van der Waals surface area (Å²) in [6.07, 6.45) is 0. The van der Waals surface area contributed by atoms with Crippen molar-refractivity contribution in [1.29, 1.82) is 0 Å². The molecule has 0 unspecified atom stereocenters. The molecule has 0 N–H and O–H groups in total. The number of carbonyl (C=O) groups is 3. The Morgan fingerprint density at radius 1 is 0.469 bits per heavy atom. The fourth-order valence-corrected chi connectivity index (χ4v) is 9.25. The second kappa shape index (κ2) is 10.9. The summed E-state index contributed by atoms with van der Waals surface area (Å²) >= 11 is 12.9. The highest BCUT2D eigenvalue weighted by Gasteiger charge is 2.82. The molecule has 0 aromatic heterocycles. The van der Waals surface area contributed by atoms with Crippen molar-refractivity contribution < 1.29 is 14.4 Å². The smallest absolute Gasteiger partial charge is 0.239 e. The topological polar surface area (TPSA) is 54.5 Å². The van der Waals surface area contributed by atoms with E-state index in [9.17, 15) is 0 Å². The van der Waals surface area contributed by atoms with Gasteiger partial charge in [0, 0.05) is 15.4 Å². The van der Waals surface area contributed by atoms with Gasteiger partial charge in [0.15, 0.2) is 5.78 Å². The Morgan fingerprint density at radius 2 is 0.898 bits per heavy atom. The van der Waals surface area contributed by atoms with Crippen molar-refractivity contribution in [3.8, 4) is 0 Å². The first-order chi connectivity index (χ1) is 23.9. The number of fused-ring (bicyclic) bond motifs is 6. The molecule has 49 heavy (non-hydrogen) atoms. The Bertz CT molecular complexity index is 2240. The van der Waals surface area contributed by atoms with Crippen LogP contribution in [0, 0.1) is 11.8 Å². The molecule has 9 rings (SSSR count). The molecule has 1 heterocycles. The summed E-state index contributed by atoms with van der Waals surface area (Å²) in [7, 11) is 0. The standard InChI is InChI=1S/C43H27Cl2NO3/c44-31-22-18-29(19-23-31)42-35(27-11-3-1-4-12-27)36(28-13-5-2-6-14-28)43(41(42)49,30-20-24-32(45)25-21-30)38-37(42)39(47)46(40(38)48)34-17-9-15-26-10-7-8-16-33(26)34/h1-25,37-38H/t37-,38+,42-,43-/m1/s1. The van der Waals surface area contributed by atoms with Crippen LogP contribution in [0.3, 0.4) is 0 Å². The number of allylic oxidation sites excluding steroid dienone is 2. The molecule has 6 aromatic carbocycles. The van der Waals surface area contributed by atoms with Crippen LogP contribution in [0.4, 0.5) is 5.69 Å². The van der Waals surface area contributed by atoms with Gasteiger partial charge in [0.2, 0.25) is 11.8 Å². The average molecular weight is 677 g/mol. The van der Waals surface area contributed by atoms with Crippen molar-refractivity contribution in [1.82, 2.24) is 0 Å². The number of anilines is 1. The fraction of sp³-hybridized carbons (Fsp3) is 0.0930. The summed E-state index contributed by atoms with van der Waals surface area (Å²) in [5, 5.41) is 2.70. The van der Waals surface area contributed by atoms with E-state index < -0.39 is 34.5 Å². The van der Waals surface area contributed by atoms with Gasteiger partial charge in [0.05, 0.1) is 28.4 Å². The van der Waals surface area contributed by atoms with Crippen molar-refractivity contribution in [2.75, 3.05) is 4.90 Å². The molecule has 0 spiro atoms. The molecule has 2 bridgehead atoms. The number of amides is 2. The highest BCUT2D eigenvalue weighted by molar-refractivity contribution is 6.40. The van der Waals surface area contributed by atoms with Gasteiger partial charge in [0.25, 0.3) is 0 Å². The van der Waals surface area contributed by atoms with Crippen LogP contribution in [0.25, 0.3) is 21.9 Å². The van der Waals surface area contributed by atoms with Gasteiger partial charge >= 0.3 is 0 Å². The van der Waals surface area contributed by atoms with E-state index in [1.165, 1.54) is 4.90 Å². The number of halogens is 2. The van der Waals surface area contributed by atoms with Crippen molar-refractivity contribution in [3.63, 3.8) is 0 Å². The van der Waals surface area contributed by atoms with Crippen LogP contribution in [0.1, 0.15) is 22.3 Å². The molecule has 4 nitrogen and oxygen atoms in total. The molecule has 1 saturated carbocycles. The van der Waals surface area contributed by atoms with E-state index in [1.807, 2.05) is 127 Å². The monoisotopic (exact) mass is 675 g/mol. The molecule has 6 aromatic rings. The average Bonchev–Trinajstić information content (AvgIpc) is 3.64. The first kappa shape index (κ1) is 29.8. The van der Waals surface area contributed by atoms with Crippen LogP contribution < -0.4 is 4.90 Å². The highest BCUT2D eigenvalue weighted by Crippen LogP contribution is 2.74. The Kier molecular flexibility index (Phi) is 6.61. The first-order valence-corrected chi connectivity index (χ1v) is 16.9. The number of hydrogen-bond acceptors (Lipinski definition) is 3. The van der Waals surface area contributed by atoms with E-state index >= 15 is 14.4 Å². The fourth-order valence-electron chi connectivity index (χ4n) is 9.00. The summed E-state index contributed by atoms with van der Waals surface area (Å²) < 4.78 is 0. The molecule has 2 fully saturated rings. The lowest BCUT2D eigenvalue weighted by molar-refractivity contribution is -0.130. The molecule has 0 radical (unpaired) electrons. The lowest BCUT2D eigenvalue weighted by Gasteiger charge is -2.39. The van der Waals surface area contributed by atoms with E-state index in [4.69, 9.17) is 23.2 Å². The third kappa shape index (κ3) is 3.84. The maximum Gasteiger partial charge on any atom is 0.239 e. The van der Waals surface area contributed by atoms with Gasteiger partial charge in [-0.05, 0) is 69.1 Å². The minimum atomic E-state index is -1.52. The Morgan fingerprint density at radius 3 is 1.39 bits per heavy atom. The number of Topliss-reactive ketones (excluding diaryl/α,β-unsaturated/α-hetero) is 1. The second-order valence-electron chi connectivity index (χ2n) is 12.9. The zero-order valence-corrected chi connectivity index (χ0v) is 27.5. The Balaban J connectivity index is 1.45. The Hall–Kier alpha value is -5.29. The number of benzene rings is 6. The number of carbonyl (C=O) groups excluding carboxylic acids is 3. The van der Waals surface area contributed by atoms with Crippen LogP contribution in [0.5, 0.6) is 0 Å². The van der Waals surface area contributed by atoms with Gasteiger partial charge in [-0.1, -0.05) is 145 Å². The van der Waals surface area contributed by atoms with E-state index in [2.05, 4.69) is 0 Å². The number of ketones is 1. The number of rotatable bonds is 5. The van der Waals surface area contributed by atoms with Crippen molar-refractivity contribution in [2.45, 2.75) is 10.8 Å². The van der Waals surface area contributed by atoms with Gasteiger partial charge in [-0.3, -0.25) is 14.4 Å². The first-order valence-electron chi connectivity index (χ1n) is 16.2. The molecule has 6 heteroatoms. The molecule has 236 valence electrons. The SMILES string of the molecule is O=C1[C@@H]2[C@H](C(=O)N1c1cccc3ccccc13)[C@]1(c3ccc(Cl)cc3)C(=O)[C@]2(c2ccc(Cl)cc2)C(c2ccccc2)=C1c1ccccc1. The van der Waals surface area contributed by atoms with Gasteiger partial charge in [-0.2, -0.15) is 0 Å². The third-order valence-corrected chi connectivity index (χ3v) is 11.2. The van der Waals surface area contributed by atoms with E-state index in [0.717, 1.165) is 33.0 Å². The Labute approximate surface area is 293 Å². The minimum Gasteiger partial charge on any atom is -0.297 e. The predicted molar refractivity (Wildman–Crippen MR) is 194 cm³/mol. The summed E-state index contributed by atoms with van der Waals surface area (Å²) in [4.78, 5) is 48.1. The second-order valence-corrected chi connectivity index (χ2v) is 13.8. The molecule has 2 amide bonds. The van der Waals surface area contributed by atoms with Crippen LogP contribution in [0.2, 0.25) is 10.0 Å². The number of imide groups is 1. The summed E-state index contributed by atoms with van der Waals surface area (Å²) in [5.41, 5.74) is 1.78. The zero-order chi connectivity index (χ0) is 33.5. The van der Waals surface area contributed by atoms with E-state index in [0.29, 0.717) is 26.9 Å². The van der Waals surface area contributed by atoms with E-state index in [1.54, 1.807) is 24.3 Å². The maximum absolute atomic E-state index is 16.1. The molecule has 1 aliphatic heterocycles. The zero-order valence-electron chi connectivity index (χ0n) is 26.0. The summed E-state index contributed by atoms with van der Waals surface area (Å²) in [6.45, 7) is 0. The molecular weight excluding hydrogens is 649 g/mol. The third-order valence-electron chi connectivity index (χ3n) is 10.7. The minimum absolute atomic E-state index is 0.198. The molecule has 2 aliphatic carbocycles. The lowest BCUT2D eigenvalue weighted by Crippen LogP contribution is -2.45. The number of hydrogen-bond donors (Lipinski definition) is 0. The van der Waals surface area contributed by atoms with Crippen molar-refractivity contribution in [3.05, 3.63) is 184 Å². The molecule has 3 aliphatic rings. The van der Waals surface area contributed by atoms with E-state index in [-0.39, 0.29) is 5.78 Å². The van der Waals surface area contributed by atoms with Crippen LogP contribution in [-0.2, 0) is 25.2 Å².